The third-order valence-corrected chi connectivity index (χ3v) is 0. The first-order chi connectivity index (χ1) is 0. The molecule has 0 saturated carbocycles. The Kier molecular flexibility index (Phi) is 3010. The van der Waals surface area contributed by atoms with E-state index >= 15 is 0 Å². The molecule has 0 saturated heterocycles. The Balaban J connectivity index is 0. The van der Waals surface area contributed by atoms with Crippen molar-refractivity contribution in [3.8, 4) is 0 Å². The molecule has 0 radical (unpaired) electrons. The van der Waals surface area contributed by atoms with Crippen LogP contribution in [0.4, 0.5) is 0 Å². The summed E-state index contributed by atoms with van der Waals surface area (Å²) in [6.07, 6.45) is 0. The molecule has 0 N–H and O–H groups in total. The van der Waals surface area contributed by atoms with Crippen molar-refractivity contribution in [2.24, 2.45) is 0 Å². The van der Waals surface area contributed by atoms with E-state index in [0.29, 0.717) is 0 Å². The van der Waals surface area contributed by atoms with Gasteiger partial charge in [-0.15, -0.1) is 0 Å². The zero-order chi connectivity index (χ0) is 0. The van der Waals surface area contributed by atoms with Gasteiger partial charge in [0.15, 0.2) is 0 Å². The van der Waals surface area contributed by atoms with Gasteiger partial charge in [0.1, 0.15) is 0 Å². The Bertz CT molecular complexity index is 21.3. The van der Waals surface area contributed by atoms with Crippen LogP contribution in [0.2, 0.25) is 0 Å². The molecular formula is H21Fe7MoS9+3. The van der Waals surface area contributed by atoms with Gasteiger partial charge in [-0.1, -0.05) is 81.0 Å². The van der Waals surface area contributed by atoms with Crippen molar-refractivity contribution in [1.29, 1.82) is 0 Å². The molecule has 0 aliphatic heterocycles. The fourth-order valence-corrected chi connectivity index (χ4v) is 0. The third-order valence-electron chi connectivity index (χ3n) is 0. The van der Waals surface area contributed by atoms with E-state index in [2.05, 4.69) is 0 Å². The molecule has 0 fully saturated rings. The second kappa shape index (κ2) is 212. The molecule has 0 nitrogen and oxygen atoms in total. The van der Waals surface area contributed by atoms with E-state index in [1.54, 1.807) is 0 Å². The number of thiol groups is 3. The second-order valence-corrected chi connectivity index (χ2v) is 0. The summed E-state index contributed by atoms with van der Waals surface area (Å²) in [5.41, 5.74) is 0. The molecular weight excluding hydrogens is 775 g/mol. The molecule has 0 aromatic heterocycles. The van der Waals surface area contributed by atoms with Crippen LogP contribution < -0.4 is 0 Å². The number of hydrogen-bond donors (Lipinski definition) is 0. The van der Waals surface area contributed by atoms with Gasteiger partial charge in [0.2, 0.25) is 0 Å². The fraction of sp³-hybridized carbons (Fsp3) is 0. The van der Waals surface area contributed by atoms with E-state index in [-0.39, 0.29) is 262 Å². The summed E-state index contributed by atoms with van der Waals surface area (Å²) in [6, 6.07) is 0. The van der Waals surface area contributed by atoms with Crippen LogP contribution in [0.5, 0.6) is 0 Å². The summed E-state index contributed by atoms with van der Waals surface area (Å²) in [5.74, 6) is 0. The Hall–Kier alpha value is 7.47. The van der Waals surface area contributed by atoms with Crippen molar-refractivity contribution < 1.29 is 141 Å². The molecule has 17 heavy (non-hydrogen) atoms. The van der Waals surface area contributed by atoms with Crippen LogP contribution in [0.1, 0.15) is 0 Å². The van der Waals surface area contributed by atoms with Crippen molar-refractivity contribution >= 4 is 121 Å². The van der Waals surface area contributed by atoms with Gasteiger partial charge in [-0.05, 0) is 0 Å². The molecule has 0 bridgehead atoms. The summed E-state index contributed by atoms with van der Waals surface area (Å²) in [4.78, 5) is 0. The topological polar surface area (TPSA) is 0 Å². The van der Waals surface area contributed by atoms with Gasteiger partial charge >= 0.3 is 0 Å². The van der Waals surface area contributed by atoms with Crippen molar-refractivity contribution in [2.45, 2.75) is 0 Å². The van der Waals surface area contributed by atoms with Crippen molar-refractivity contribution in [3.63, 3.8) is 0 Å². The molecule has 134 valence electrons. The Morgan fingerprint density at radius 1 is 0.235 bits per heavy atom. The van der Waals surface area contributed by atoms with Crippen molar-refractivity contribution in [1.82, 2.24) is 0 Å². The van der Waals surface area contributed by atoms with Crippen LogP contribution in [-0.4, -0.2) is 0 Å². The fourth-order valence-electron chi connectivity index (χ4n) is 0. The van der Waals surface area contributed by atoms with E-state index in [1.165, 1.54) is 0 Å². The van der Waals surface area contributed by atoms with Crippen LogP contribution in [0.3, 0.4) is 0 Å². The first-order valence-corrected chi connectivity index (χ1v) is 0. The monoisotopic (exact) mass is 798 g/mol. The van der Waals surface area contributed by atoms with E-state index < -0.39 is 0 Å². The maximum Gasteiger partial charge on any atom is 0 e. The first kappa shape index (κ1) is 241. The smallest absolute Gasteiger partial charge is 0 e. The zero-order valence-corrected chi connectivity index (χ0v) is 27.0. The van der Waals surface area contributed by atoms with Crippen LogP contribution in [0, 0.1) is 0 Å². The maximum absolute atomic E-state index is 0. The van der Waals surface area contributed by atoms with Crippen molar-refractivity contribution in [2.75, 3.05) is 0 Å². The Morgan fingerprint density at radius 2 is 0.235 bits per heavy atom. The van der Waals surface area contributed by atoms with Gasteiger partial charge in [-0.2, -0.15) is 0 Å². The minimum absolute atomic E-state index is 0. The SMILES string of the molecule is [Fe].[Fe].[Fe].[Fe].[Fe].[Fe].[Fe].[Mo].[SH-].[SH-].[SH-].[SH3+].[SH3+].[SH3+].[SH3+].[SH3+].[SH3+]. The van der Waals surface area contributed by atoms with Gasteiger partial charge in [0.05, 0.1) is 0 Å². The predicted molar refractivity (Wildman–Crippen MR) is 95.6 cm³/mol. The molecule has 0 spiro atoms. The molecule has 0 aliphatic carbocycles. The van der Waals surface area contributed by atoms with E-state index in [1.807, 2.05) is 0 Å². The summed E-state index contributed by atoms with van der Waals surface area (Å²) in [5, 5.41) is 0. The van der Waals surface area contributed by atoms with E-state index in [9.17, 15) is 0 Å². The quantitative estimate of drug-likeness (QED) is 0.104. The molecule has 0 aliphatic rings. The molecule has 0 unspecified atom stereocenters. The number of rotatable bonds is 0. The van der Waals surface area contributed by atoms with Crippen LogP contribution in [0.25, 0.3) is 0 Å². The molecule has 0 atom stereocenters. The average Bonchev–Trinajstić information content (AvgIpc) is 0. The van der Waals surface area contributed by atoms with E-state index in [4.69, 9.17) is 0 Å². The van der Waals surface area contributed by atoms with Crippen LogP contribution in [0.15, 0.2) is 0 Å². The van der Waals surface area contributed by atoms with Gasteiger partial charge < -0.3 is 40.5 Å². The maximum atomic E-state index is 0. The summed E-state index contributed by atoms with van der Waals surface area (Å²) < 4.78 is 0. The van der Waals surface area contributed by atoms with Gasteiger partial charge in [-0.3, -0.25) is 0 Å². The summed E-state index contributed by atoms with van der Waals surface area (Å²) in [7, 11) is 0. The molecule has 0 aromatic rings. The molecule has 0 amide bonds. The zero-order valence-electron chi connectivity index (χ0n) is 7.69. The minimum Gasteiger partial charge on any atom is -0.813 e. The second-order valence-electron chi connectivity index (χ2n) is 0. The van der Waals surface area contributed by atoms with E-state index in [0.717, 1.165) is 0 Å². The van der Waals surface area contributed by atoms with Crippen LogP contribution in [-0.2, 0) is 262 Å². The van der Waals surface area contributed by atoms with Gasteiger partial charge in [-0.25, -0.2) is 0 Å². The van der Waals surface area contributed by atoms with Gasteiger partial charge in [0.25, 0.3) is 0 Å². The van der Waals surface area contributed by atoms with Crippen LogP contribution >= 0.6 is 0 Å². The van der Waals surface area contributed by atoms with Crippen molar-refractivity contribution in [3.05, 3.63) is 0 Å². The predicted octanol–water partition coefficient (Wildman–Crippen LogP) is -5.66. The molecule has 0 aromatic carbocycles. The molecule has 0 heterocycles. The Morgan fingerprint density at radius 3 is 0.235 bits per heavy atom. The molecule has 0 rings (SSSR count). The number of hydrogen-bond acceptors (Lipinski definition) is 3. The largest absolute Gasteiger partial charge is 0.813 e. The summed E-state index contributed by atoms with van der Waals surface area (Å²) in [6.45, 7) is 0. The van der Waals surface area contributed by atoms with Gasteiger partial charge in [0, 0.05) is 141 Å². The molecule has 17 heteroatoms. The standard InChI is InChI=1S/7Fe.Mo.9H2S/h;;;;;;;;9*1H2/p+3. The minimum atomic E-state index is 0. The first-order valence-electron chi connectivity index (χ1n) is 0. The Labute approximate surface area is 257 Å². The summed E-state index contributed by atoms with van der Waals surface area (Å²) >= 11 is 0. The third kappa shape index (κ3) is 194. The normalized spacial score (nSPS) is 0. The average molecular weight is 797 g/mol.